The van der Waals surface area contributed by atoms with Crippen molar-refractivity contribution in [2.45, 2.75) is 13.3 Å². The van der Waals surface area contributed by atoms with Crippen molar-refractivity contribution in [1.29, 1.82) is 0 Å². The molecule has 3 nitrogen and oxygen atoms in total. The number of hydrogen-bond acceptors (Lipinski definition) is 3. The van der Waals surface area contributed by atoms with Crippen LogP contribution < -0.4 is 0 Å². The second-order valence-corrected chi connectivity index (χ2v) is 1.81. The molecule has 0 unspecified atom stereocenters. The largest absolute Gasteiger partial charge is 0.469 e. The van der Waals surface area contributed by atoms with E-state index in [0.29, 0.717) is 6.42 Å². The summed E-state index contributed by atoms with van der Waals surface area (Å²) >= 11 is 0. The molecule has 0 amide bonds. The van der Waals surface area contributed by atoms with Crippen LogP contribution in [0.5, 0.6) is 0 Å². The first-order chi connectivity index (χ1) is 4.26. The highest BCUT2D eigenvalue weighted by molar-refractivity contribution is 5.72. The van der Waals surface area contributed by atoms with Crippen molar-refractivity contribution in [2.24, 2.45) is 5.92 Å². The van der Waals surface area contributed by atoms with Gasteiger partial charge < -0.3 is 9.84 Å². The van der Waals surface area contributed by atoms with Gasteiger partial charge in [0.05, 0.1) is 19.6 Å². The van der Waals surface area contributed by atoms with Crippen LogP contribution in [0.1, 0.15) is 13.3 Å². The van der Waals surface area contributed by atoms with Crippen LogP contribution in [0.3, 0.4) is 0 Å². The van der Waals surface area contributed by atoms with Crippen LogP contribution >= 0.6 is 0 Å². The molecule has 1 atom stereocenters. The molecule has 9 heavy (non-hydrogen) atoms. The lowest BCUT2D eigenvalue weighted by molar-refractivity contribution is -0.146. The Morgan fingerprint density at radius 3 is 2.44 bits per heavy atom. The minimum absolute atomic E-state index is 0.122. The molecule has 1 N–H and O–H groups in total. The van der Waals surface area contributed by atoms with E-state index in [1.165, 1.54) is 7.11 Å². The highest BCUT2D eigenvalue weighted by atomic mass is 16.5. The van der Waals surface area contributed by atoms with Crippen LogP contribution in [0.25, 0.3) is 0 Å². The Labute approximate surface area is 54.6 Å². The van der Waals surface area contributed by atoms with Gasteiger partial charge in [0.25, 0.3) is 0 Å². The van der Waals surface area contributed by atoms with Crippen LogP contribution in [-0.4, -0.2) is 24.8 Å². The average molecular weight is 132 g/mol. The minimum atomic E-state index is -0.338. The van der Waals surface area contributed by atoms with E-state index in [0.717, 1.165) is 0 Å². The van der Waals surface area contributed by atoms with Crippen LogP contribution in [0.2, 0.25) is 0 Å². The van der Waals surface area contributed by atoms with Gasteiger partial charge in [-0.3, -0.25) is 4.79 Å². The summed E-state index contributed by atoms with van der Waals surface area (Å²) in [5.74, 6) is -0.671. The Morgan fingerprint density at radius 2 is 2.33 bits per heavy atom. The lowest BCUT2D eigenvalue weighted by Crippen LogP contribution is -2.18. The van der Waals surface area contributed by atoms with Gasteiger partial charge in [0.2, 0.25) is 0 Å². The van der Waals surface area contributed by atoms with Gasteiger partial charge in [-0.05, 0) is 6.42 Å². The number of hydrogen-bond donors (Lipinski definition) is 1. The van der Waals surface area contributed by atoms with Crippen molar-refractivity contribution < 1.29 is 14.6 Å². The molecular formula is C6H12O3. The summed E-state index contributed by atoms with van der Waals surface area (Å²) in [6.07, 6.45) is 0.628. The highest BCUT2D eigenvalue weighted by Crippen LogP contribution is 2.01. The summed E-state index contributed by atoms with van der Waals surface area (Å²) in [7, 11) is 1.32. The first-order valence-corrected chi connectivity index (χ1v) is 2.95. The van der Waals surface area contributed by atoms with Gasteiger partial charge in [-0.1, -0.05) is 6.92 Å². The van der Waals surface area contributed by atoms with Gasteiger partial charge in [-0.2, -0.15) is 0 Å². The lowest BCUT2D eigenvalue weighted by atomic mass is 10.1. The monoisotopic (exact) mass is 132 g/mol. The van der Waals surface area contributed by atoms with E-state index in [9.17, 15) is 4.79 Å². The molecule has 0 aromatic rings. The number of methoxy groups -OCH3 is 1. The molecule has 0 heterocycles. The van der Waals surface area contributed by atoms with Gasteiger partial charge in [0, 0.05) is 0 Å². The lowest BCUT2D eigenvalue weighted by Gasteiger charge is -2.06. The predicted molar refractivity (Wildman–Crippen MR) is 32.9 cm³/mol. The summed E-state index contributed by atoms with van der Waals surface area (Å²) in [6, 6.07) is 0. The number of aliphatic hydroxyl groups is 1. The minimum Gasteiger partial charge on any atom is -0.469 e. The van der Waals surface area contributed by atoms with Gasteiger partial charge in [-0.25, -0.2) is 0 Å². The Hall–Kier alpha value is -0.570. The third-order valence-corrected chi connectivity index (χ3v) is 1.25. The number of ether oxygens (including phenoxy) is 1. The second kappa shape index (κ2) is 4.32. The van der Waals surface area contributed by atoms with Gasteiger partial charge in [0.1, 0.15) is 0 Å². The fraction of sp³-hybridized carbons (Fsp3) is 0.833. The number of carbonyl (C=O) groups excluding carboxylic acids is 1. The summed E-state index contributed by atoms with van der Waals surface area (Å²) < 4.78 is 4.40. The smallest absolute Gasteiger partial charge is 0.310 e. The maximum atomic E-state index is 10.6. The standard InChI is InChI=1S/C6H12O3/c1-3-5(4-7)6(8)9-2/h5,7H,3-4H2,1-2H3/t5-/m0/s1. The molecule has 54 valence electrons. The van der Waals surface area contributed by atoms with E-state index in [1.807, 2.05) is 6.92 Å². The summed E-state index contributed by atoms with van der Waals surface area (Å²) in [4.78, 5) is 10.6. The Kier molecular flexibility index (Phi) is 4.05. The molecule has 0 aliphatic rings. The van der Waals surface area contributed by atoms with E-state index in [2.05, 4.69) is 4.74 Å². The third-order valence-electron chi connectivity index (χ3n) is 1.25. The Morgan fingerprint density at radius 1 is 1.78 bits per heavy atom. The fourth-order valence-electron chi connectivity index (χ4n) is 0.537. The van der Waals surface area contributed by atoms with Crippen LogP contribution in [0.4, 0.5) is 0 Å². The van der Waals surface area contributed by atoms with Gasteiger partial charge in [0.15, 0.2) is 0 Å². The van der Waals surface area contributed by atoms with E-state index < -0.39 is 0 Å². The molecule has 0 rings (SSSR count). The molecule has 0 radical (unpaired) electrons. The summed E-state index contributed by atoms with van der Waals surface area (Å²) in [5.41, 5.74) is 0. The zero-order valence-electron chi connectivity index (χ0n) is 5.76. The molecule has 0 aromatic carbocycles. The van der Waals surface area contributed by atoms with E-state index in [1.54, 1.807) is 0 Å². The number of rotatable bonds is 3. The zero-order valence-corrected chi connectivity index (χ0v) is 5.76. The average Bonchev–Trinajstić information content (AvgIpc) is 1.90. The highest BCUT2D eigenvalue weighted by Gasteiger charge is 2.14. The molecule has 0 spiro atoms. The first kappa shape index (κ1) is 8.43. The number of aliphatic hydroxyl groups excluding tert-OH is 1. The normalized spacial score (nSPS) is 12.8. The Bertz CT molecular complexity index is 86.3. The van der Waals surface area contributed by atoms with Crippen molar-refractivity contribution in [3.05, 3.63) is 0 Å². The van der Waals surface area contributed by atoms with Crippen LogP contribution in [0, 0.1) is 5.92 Å². The molecule has 0 saturated carbocycles. The number of esters is 1. The Balaban J connectivity index is 3.64. The molecule has 0 aromatic heterocycles. The van der Waals surface area contributed by atoms with Gasteiger partial charge in [-0.15, -0.1) is 0 Å². The second-order valence-electron chi connectivity index (χ2n) is 1.81. The van der Waals surface area contributed by atoms with Crippen molar-refractivity contribution in [1.82, 2.24) is 0 Å². The molecule has 0 aliphatic heterocycles. The van der Waals surface area contributed by atoms with Crippen LogP contribution in [-0.2, 0) is 9.53 Å². The number of carbonyl (C=O) groups is 1. The topological polar surface area (TPSA) is 46.5 Å². The zero-order chi connectivity index (χ0) is 7.28. The van der Waals surface area contributed by atoms with Crippen molar-refractivity contribution in [3.8, 4) is 0 Å². The molecule has 3 heteroatoms. The van der Waals surface area contributed by atoms with E-state index in [4.69, 9.17) is 5.11 Å². The fourth-order valence-corrected chi connectivity index (χ4v) is 0.537. The molecule has 0 aliphatic carbocycles. The van der Waals surface area contributed by atoms with Crippen molar-refractivity contribution in [2.75, 3.05) is 13.7 Å². The molecule has 0 saturated heterocycles. The van der Waals surface area contributed by atoms with Gasteiger partial charge >= 0.3 is 5.97 Å². The summed E-state index contributed by atoms with van der Waals surface area (Å²) in [5, 5.41) is 8.53. The molecular weight excluding hydrogens is 120 g/mol. The maximum absolute atomic E-state index is 10.6. The summed E-state index contributed by atoms with van der Waals surface area (Å²) in [6.45, 7) is 1.71. The quantitative estimate of drug-likeness (QED) is 0.557. The van der Waals surface area contributed by atoms with Crippen molar-refractivity contribution in [3.63, 3.8) is 0 Å². The maximum Gasteiger partial charge on any atom is 0.310 e. The van der Waals surface area contributed by atoms with Crippen LogP contribution in [0.15, 0.2) is 0 Å². The first-order valence-electron chi connectivity index (χ1n) is 2.95. The third kappa shape index (κ3) is 2.46. The van der Waals surface area contributed by atoms with Crippen molar-refractivity contribution >= 4 is 5.97 Å². The molecule has 0 fully saturated rings. The van der Waals surface area contributed by atoms with E-state index >= 15 is 0 Å². The van der Waals surface area contributed by atoms with E-state index in [-0.39, 0.29) is 18.5 Å². The molecule has 0 bridgehead atoms. The SMILES string of the molecule is CC[C@@H](CO)C(=O)OC. The predicted octanol–water partition coefficient (Wildman–Crippen LogP) is 0.178.